The molecular formula is C47H51FN2. The Balaban J connectivity index is 1.52. The molecule has 0 aliphatic heterocycles. The minimum absolute atomic E-state index is 0.186. The van der Waals surface area contributed by atoms with Gasteiger partial charge < -0.3 is 0 Å². The Morgan fingerprint density at radius 1 is 1.02 bits per heavy atom. The Morgan fingerprint density at radius 3 is 2.50 bits per heavy atom. The van der Waals surface area contributed by atoms with E-state index in [-0.39, 0.29) is 23.1 Å². The maximum absolute atomic E-state index is 13.8. The minimum Gasteiger partial charge on any atom is -0.261 e. The van der Waals surface area contributed by atoms with Crippen molar-refractivity contribution in [2.24, 2.45) is 22.2 Å². The van der Waals surface area contributed by atoms with Crippen LogP contribution in [0, 0.1) is 30.0 Å². The third kappa shape index (κ3) is 6.63. The first kappa shape index (κ1) is 35.2. The number of hydrogen-bond acceptors (Lipinski definition) is 2. The lowest BCUT2D eigenvalue weighted by Gasteiger charge is -2.46. The van der Waals surface area contributed by atoms with Gasteiger partial charge in [-0.05, 0) is 133 Å². The van der Waals surface area contributed by atoms with Gasteiger partial charge in [-0.25, -0.2) is 4.39 Å². The van der Waals surface area contributed by atoms with Gasteiger partial charge in [0.2, 0.25) is 0 Å². The Morgan fingerprint density at radius 2 is 1.78 bits per heavy atom. The van der Waals surface area contributed by atoms with Gasteiger partial charge in [0.15, 0.2) is 0 Å². The fourth-order valence-electron chi connectivity index (χ4n) is 8.51. The fraction of sp³-hybridized carbons (Fsp3) is 0.319. The molecule has 50 heavy (non-hydrogen) atoms. The summed E-state index contributed by atoms with van der Waals surface area (Å²) < 4.78 is 13.8. The van der Waals surface area contributed by atoms with Crippen molar-refractivity contribution >= 4 is 16.9 Å². The van der Waals surface area contributed by atoms with Crippen molar-refractivity contribution in [3.05, 3.63) is 161 Å². The van der Waals surface area contributed by atoms with E-state index in [9.17, 15) is 4.39 Å². The van der Waals surface area contributed by atoms with E-state index in [0.717, 1.165) is 48.2 Å². The second-order valence-electron chi connectivity index (χ2n) is 14.6. The predicted molar refractivity (Wildman–Crippen MR) is 212 cm³/mol. The average Bonchev–Trinajstić information content (AvgIpc) is 3.47. The second-order valence-corrected chi connectivity index (χ2v) is 14.6. The molecule has 0 N–H and O–H groups in total. The highest BCUT2D eigenvalue weighted by atomic mass is 19.1. The van der Waals surface area contributed by atoms with Gasteiger partial charge in [-0.1, -0.05) is 112 Å². The van der Waals surface area contributed by atoms with Crippen molar-refractivity contribution < 1.29 is 4.39 Å². The van der Waals surface area contributed by atoms with E-state index in [2.05, 4.69) is 109 Å². The van der Waals surface area contributed by atoms with Crippen LogP contribution in [0.2, 0.25) is 0 Å². The topological polar surface area (TPSA) is 25.2 Å². The Kier molecular flexibility index (Phi) is 10.3. The van der Waals surface area contributed by atoms with Crippen molar-refractivity contribution in [3.8, 4) is 11.1 Å². The molecule has 2 bridgehead atoms. The molecule has 3 aromatic rings. The molecule has 0 spiro atoms. The molecule has 1 saturated carbocycles. The molecule has 2 aromatic carbocycles. The van der Waals surface area contributed by atoms with E-state index in [1.807, 2.05) is 37.4 Å². The highest BCUT2D eigenvalue weighted by Crippen LogP contribution is 2.54. The standard InChI is InChI=1S/C47H51FN2/c1-9-26-47(8,43-28-34-15-12-31(5)46(49-27-10-2)41(43)23-16-34)33(7)38-24-25-39-40-22-14-32(6)50-44(40)29-42(39)45(38)30(4)13-17-35(11-3)36-18-20-37(48)21-19-36/h9-11,13-14,16-27,31,33,43H,3,12,15,28-29H2,1-2,4-8H3/b26-9?,27-10-,30-13+,35-17+,49-46+. The first-order valence-corrected chi connectivity index (χ1v) is 18.2. The van der Waals surface area contributed by atoms with Gasteiger partial charge >= 0.3 is 0 Å². The monoisotopic (exact) mass is 662 g/mol. The van der Waals surface area contributed by atoms with Crippen LogP contribution in [0.1, 0.15) is 100 Å². The lowest BCUT2D eigenvalue weighted by Crippen LogP contribution is -2.38. The van der Waals surface area contributed by atoms with E-state index in [0.29, 0.717) is 5.92 Å². The molecule has 2 nitrogen and oxygen atoms in total. The third-order valence-corrected chi connectivity index (χ3v) is 11.4. The van der Waals surface area contributed by atoms with Crippen LogP contribution in [0.4, 0.5) is 4.39 Å². The summed E-state index contributed by atoms with van der Waals surface area (Å²) in [4.78, 5) is 10.1. The van der Waals surface area contributed by atoms with Crippen LogP contribution in [0.15, 0.2) is 126 Å². The average molecular weight is 663 g/mol. The molecule has 1 aromatic heterocycles. The number of nitrogens with zero attached hydrogens (tertiary/aromatic N) is 2. The summed E-state index contributed by atoms with van der Waals surface area (Å²) in [6.07, 6.45) is 23.8. The molecule has 3 heteroatoms. The molecule has 256 valence electrons. The number of pyridine rings is 1. The highest BCUT2D eigenvalue weighted by Gasteiger charge is 2.44. The van der Waals surface area contributed by atoms with E-state index < -0.39 is 0 Å². The zero-order chi connectivity index (χ0) is 35.6. The zero-order valence-electron chi connectivity index (χ0n) is 30.9. The van der Waals surface area contributed by atoms with Crippen LogP contribution in [0.25, 0.3) is 22.3 Å². The first-order chi connectivity index (χ1) is 24.1. The molecule has 4 aliphatic rings. The van der Waals surface area contributed by atoms with Crippen LogP contribution < -0.4 is 0 Å². The number of aliphatic imine (C=N–C) groups is 1. The van der Waals surface area contributed by atoms with E-state index >= 15 is 0 Å². The first-order valence-electron chi connectivity index (χ1n) is 18.2. The number of fused-ring (bicyclic) bond motifs is 8. The molecule has 7 rings (SSSR count). The zero-order valence-corrected chi connectivity index (χ0v) is 30.9. The number of allylic oxidation sites excluding steroid dienone is 12. The summed E-state index contributed by atoms with van der Waals surface area (Å²) in [7, 11) is 0. The number of aromatic nitrogens is 1. The SMILES string of the molecule is C=C/C(=C\C=C(/C)c1c(C(C)C(C)(C=CC)C2CC3=CC=C2/C(=N/C=C\C)C(C)CC3)ccc2c1Cc1nc(C)ccc1-2)c1ccc(F)cc1. The summed E-state index contributed by atoms with van der Waals surface area (Å²) >= 11 is 0. The van der Waals surface area contributed by atoms with Crippen molar-refractivity contribution in [2.75, 3.05) is 0 Å². The predicted octanol–water partition coefficient (Wildman–Crippen LogP) is 12.7. The van der Waals surface area contributed by atoms with Crippen LogP contribution >= 0.6 is 0 Å². The number of rotatable bonds is 9. The van der Waals surface area contributed by atoms with Crippen molar-refractivity contribution in [1.29, 1.82) is 0 Å². The molecule has 4 aliphatic carbocycles. The number of benzene rings is 2. The number of halogens is 1. The molecule has 0 radical (unpaired) electrons. The smallest absolute Gasteiger partial charge is 0.123 e. The Bertz CT molecular complexity index is 2010. The maximum atomic E-state index is 13.8. The highest BCUT2D eigenvalue weighted by molar-refractivity contribution is 6.03. The van der Waals surface area contributed by atoms with Gasteiger partial charge in [0.25, 0.3) is 0 Å². The third-order valence-electron chi connectivity index (χ3n) is 11.4. The van der Waals surface area contributed by atoms with Crippen molar-refractivity contribution in [1.82, 2.24) is 4.98 Å². The Labute approximate surface area is 299 Å². The van der Waals surface area contributed by atoms with Crippen LogP contribution in [-0.2, 0) is 6.42 Å². The van der Waals surface area contributed by atoms with Crippen LogP contribution in [-0.4, -0.2) is 10.7 Å². The number of hydrogen-bond donors (Lipinski definition) is 0. The van der Waals surface area contributed by atoms with Crippen LogP contribution in [0.5, 0.6) is 0 Å². The molecule has 0 saturated heterocycles. The van der Waals surface area contributed by atoms with Gasteiger partial charge in [-0.15, -0.1) is 0 Å². The summed E-state index contributed by atoms with van der Waals surface area (Å²) in [6.45, 7) is 19.8. The van der Waals surface area contributed by atoms with Gasteiger partial charge in [-0.3, -0.25) is 9.98 Å². The Hall–Kier alpha value is -4.63. The van der Waals surface area contributed by atoms with Crippen molar-refractivity contribution in [2.45, 2.75) is 80.1 Å². The summed E-state index contributed by atoms with van der Waals surface area (Å²) in [5.74, 6) is 0.634. The normalized spacial score (nSPS) is 21.8. The van der Waals surface area contributed by atoms with Crippen LogP contribution in [0.3, 0.4) is 0 Å². The lowest BCUT2D eigenvalue weighted by molar-refractivity contribution is 0.242. The number of aryl methyl sites for hydroxylation is 1. The molecule has 4 atom stereocenters. The van der Waals surface area contributed by atoms with Gasteiger partial charge in [0, 0.05) is 29.6 Å². The van der Waals surface area contributed by atoms with Gasteiger partial charge in [0.05, 0.1) is 5.69 Å². The van der Waals surface area contributed by atoms with Crippen molar-refractivity contribution in [3.63, 3.8) is 0 Å². The maximum Gasteiger partial charge on any atom is 0.123 e. The quantitative estimate of drug-likeness (QED) is 0.129. The molecule has 1 fully saturated rings. The van der Waals surface area contributed by atoms with E-state index in [1.54, 1.807) is 5.57 Å². The van der Waals surface area contributed by atoms with Gasteiger partial charge in [-0.2, -0.15) is 0 Å². The summed E-state index contributed by atoms with van der Waals surface area (Å²) in [5, 5.41) is 0. The van der Waals surface area contributed by atoms with Gasteiger partial charge in [0.1, 0.15) is 5.82 Å². The lowest BCUT2D eigenvalue weighted by atomic mass is 9.58. The van der Waals surface area contributed by atoms with E-state index in [1.165, 1.54) is 56.8 Å². The molecule has 4 unspecified atom stereocenters. The molecule has 0 amide bonds. The van der Waals surface area contributed by atoms with E-state index in [4.69, 9.17) is 9.98 Å². The summed E-state index contributed by atoms with van der Waals surface area (Å²) in [6, 6.07) is 15.7. The largest absolute Gasteiger partial charge is 0.261 e. The minimum atomic E-state index is -0.241. The molecular weight excluding hydrogens is 612 g/mol. The summed E-state index contributed by atoms with van der Waals surface area (Å²) in [5.41, 5.74) is 15.8. The molecule has 1 heterocycles. The second kappa shape index (κ2) is 14.7. The fourth-order valence-corrected chi connectivity index (χ4v) is 8.51.